The van der Waals surface area contributed by atoms with Gasteiger partial charge in [-0.3, -0.25) is 9.78 Å². The third kappa shape index (κ3) is 3.64. The summed E-state index contributed by atoms with van der Waals surface area (Å²) in [6.45, 7) is 3.84. The van der Waals surface area contributed by atoms with Crippen LogP contribution in [0.1, 0.15) is 34.8 Å². The highest BCUT2D eigenvalue weighted by Crippen LogP contribution is 2.24. The number of hydrogen-bond donors (Lipinski definition) is 1. The van der Waals surface area contributed by atoms with Gasteiger partial charge in [0.15, 0.2) is 0 Å². The number of carbonyl (C=O) groups excluding carboxylic acids is 1. The van der Waals surface area contributed by atoms with Crippen LogP contribution in [0, 0.1) is 12.7 Å². The van der Waals surface area contributed by atoms with E-state index in [1.54, 1.807) is 18.3 Å². The van der Waals surface area contributed by atoms with Crippen molar-refractivity contribution in [3.05, 3.63) is 83.3 Å². The lowest BCUT2D eigenvalue weighted by Crippen LogP contribution is -2.17. The van der Waals surface area contributed by atoms with E-state index < -0.39 is 0 Å². The number of halogens is 1. The second-order valence-corrected chi connectivity index (χ2v) is 6.14. The summed E-state index contributed by atoms with van der Waals surface area (Å²) >= 11 is 0. The third-order valence-electron chi connectivity index (χ3n) is 4.30. The highest BCUT2D eigenvalue weighted by atomic mass is 19.1. The van der Waals surface area contributed by atoms with Crippen molar-refractivity contribution in [2.24, 2.45) is 0 Å². The van der Waals surface area contributed by atoms with E-state index in [9.17, 15) is 9.18 Å². The summed E-state index contributed by atoms with van der Waals surface area (Å²) in [5.74, 6) is -0.683. The Bertz CT molecular complexity index is 974. The van der Waals surface area contributed by atoms with Gasteiger partial charge in [0.25, 0.3) is 5.91 Å². The number of fused-ring (bicyclic) bond motifs is 1. The molecule has 0 aliphatic rings. The summed E-state index contributed by atoms with van der Waals surface area (Å²) in [6.07, 6.45) is 6.81. The van der Waals surface area contributed by atoms with Crippen LogP contribution in [0.5, 0.6) is 0 Å². The molecule has 4 heteroatoms. The molecule has 0 spiro atoms. The Morgan fingerprint density at radius 1 is 1.15 bits per heavy atom. The van der Waals surface area contributed by atoms with Crippen molar-refractivity contribution in [1.82, 2.24) is 4.98 Å². The number of amides is 1. The molecular weight excluding hydrogens is 327 g/mol. The Hall–Kier alpha value is -3.01. The number of hydrogen-bond acceptors (Lipinski definition) is 2. The molecule has 0 aliphatic carbocycles. The lowest BCUT2D eigenvalue weighted by molar-refractivity contribution is 0.102. The van der Waals surface area contributed by atoms with Gasteiger partial charge in [-0.15, -0.1) is 0 Å². The fraction of sp³-hybridized carbons (Fsp3) is 0.182. The number of aryl methyl sites for hydroxylation is 1. The van der Waals surface area contributed by atoms with Gasteiger partial charge in [0.2, 0.25) is 0 Å². The van der Waals surface area contributed by atoms with Gasteiger partial charge in [-0.1, -0.05) is 43.3 Å². The first-order valence-corrected chi connectivity index (χ1v) is 8.70. The fourth-order valence-electron chi connectivity index (χ4n) is 3.01. The van der Waals surface area contributed by atoms with Gasteiger partial charge in [-0.25, -0.2) is 4.39 Å². The molecule has 3 aromatic rings. The van der Waals surface area contributed by atoms with Crippen molar-refractivity contribution < 1.29 is 9.18 Å². The summed E-state index contributed by atoms with van der Waals surface area (Å²) in [6, 6.07) is 12.4. The average Bonchev–Trinajstić information content (AvgIpc) is 2.65. The number of nitrogens with zero attached hydrogens (tertiary/aromatic N) is 1. The van der Waals surface area contributed by atoms with Crippen molar-refractivity contribution in [3.63, 3.8) is 0 Å². The van der Waals surface area contributed by atoms with Gasteiger partial charge in [-0.05, 0) is 43.5 Å². The lowest BCUT2D eigenvalue weighted by Gasteiger charge is -2.14. The summed E-state index contributed by atoms with van der Waals surface area (Å²) in [4.78, 5) is 17.3. The van der Waals surface area contributed by atoms with E-state index in [0.717, 1.165) is 17.4 Å². The number of nitrogens with one attached hydrogen (secondary N) is 1. The van der Waals surface area contributed by atoms with Crippen molar-refractivity contribution in [2.45, 2.75) is 26.7 Å². The van der Waals surface area contributed by atoms with Crippen LogP contribution in [0.4, 0.5) is 10.1 Å². The zero-order valence-electron chi connectivity index (χ0n) is 14.9. The third-order valence-corrected chi connectivity index (χ3v) is 4.30. The van der Waals surface area contributed by atoms with E-state index in [2.05, 4.69) is 10.3 Å². The number of pyridine rings is 1. The predicted molar refractivity (Wildman–Crippen MR) is 104 cm³/mol. The molecule has 0 aliphatic heterocycles. The maximum absolute atomic E-state index is 14.4. The first-order chi connectivity index (χ1) is 12.6. The molecule has 0 unspecified atom stereocenters. The van der Waals surface area contributed by atoms with Crippen LogP contribution >= 0.6 is 0 Å². The van der Waals surface area contributed by atoms with E-state index in [0.29, 0.717) is 28.8 Å². The van der Waals surface area contributed by atoms with Crippen LogP contribution in [-0.2, 0) is 6.42 Å². The molecule has 1 amide bonds. The predicted octanol–water partition coefficient (Wildman–Crippen LogP) is 5.44. The van der Waals surface area contributed by atoms with E-state index >= 15 is 0 Å². The Morgan fingerprint density at radius 2 is 1.96 bits per heavy atom. The minimum Gasteiger partial charge on any atom is -0.320 e. The molecule has 26 heavy (non-hydrogen) atoms. The van der Waals surface area contributed by atoms with E-state index in [1.165, 1.54) is 6.07 Å². The van der Waals surface area contributed by atoms with Crippen LogP contribution in [0.25, 0.3) is 10.9 Å². The maximum Gasteiger partial charge on any atom is 0.256 e. The van der Waals surface area contributed by atoms with E-state index in [1.807, 2.05) is 50.3 Å². The quantitative estimate of drug-likeness (QED) is 0.624. The smallest absolute Gasteiger partial charge is 0.256 e. The molecule has 0 bridgehead atoms. The molecule has 1 heterocycles. The molecule has 1 N–H and O–H groups in total. The number of para-hydroxylation sites is 1. The number of anilines is 1. The largest absolute Gasteiger partial charge is 0.320 e. The molecule has 2 aromatic carbocycles. The zero-order chi connectivity index (χ0) is 18.5. The van der Waals surface area contributed by atoms with Crippen molar-refractivity contribution in [2.75, 3.05) is 5.32 Å². The molecule has 132 valence electrons. The number of aromatic nitrogens is 1. The topological polar surface area (TPSA) is 42.0 Å². The summed E-state index contributed by atoms with van der Waals surface area (Å²) in [5, 5.41) is 3.85. The van der Waals surface area contributed by atoms with Crippen LogP contribution < -0.4 is 5.32 Å². The SMILES string of the molecule is CC/C=C/Cc1c(F)ccc(C)c1C(=O)Nc1cccc2cccnc12. The number of carbonyl (C=O) groups is 1. The first-order valence-electron chi connectivity index (χ1n) is 8.70. The molecule has 3 rings (SSSR count). The minimum absolute atomic E-state index is 0.319. The van der Waals surface area contributed by atoms with E-state index in [4.69, 9.17) is 0 Å². The molecule has 0 fully saturated rings. The van der Waals surface area contributed by atoms with Gasteiger partial charge >= 0.3 is 0 Å². The highest BCUT2D eigenvalue weighted by molar-refractivity contribution is 6.09. The number of benzene rings is 2. The molecular formula is C22H21FN2O. The van der Waals surface area contributed by atoms with Crippen molar-refractivity contribution in [1.29, 1.82) is 0 Å². The summed E-state index contributed by atoms with van der Waals surface area (Å²) in [5.41, 5.74) is 2.88. The monoisotopic (exact) mass is 348 g/mol. The average molecular weight is 348 g/mol. The second-order valence-electron chi connectivity index (χ2n) is 6.14. The normalized spacial score (nSPS) is 11.2. The Labute approximate surface area is 152 Å². The fourth-order valence-corrected chi connectivity index (χ4v) is 3.01. The van der Waals surface area contributed by atoms with Crippen molar-refractivity contribution >= 4 is 22.5 Å². The Balaban J connectivity index is 1.99. The molecule has 0 saturated heterocycles. The number of allylic oxidation sites excluding steroid dienone is 2. The molecule has 0 atom stereocenters. The Morgan fingerprint density at radius 3 is 2.77 bits per heavy atom. The minimum atomic E-state index is -0.363. The van der Waals surface area contributed by atoms with Gasteiger partial charge in [-0.2, -0.15) is 0 Å². The lowest BCUT2D eigenvalue weighted by atomic mass is 9.97. The zero-order valence-corrected chi connectivity index (χ0v) is 14.9. The summed E-state index contributed by atoms with van der Waals surface area (Å²) < 4.78 is 14.4. The molecule has 0 radical (unpaired) electrons. The van der Waals surface area contributed by atoms with Gasteiger partial charge in [0.05, 0.1) is 11.2 Å². The van der Waals surface area contributed by atoms with Crippen LogP contribution in [0.2, 0.25) is 0 Å². The molecule has 3 nitrogen and oxygen atoms in total. The van der Waals surface area contributed by atoms with Gasteiger partial charge in [0, 0.05) is 22.7 Å². The van der Waals surface area contributed by atoms with Gasteiger partial charge in [0.1, 0.15) is 5.82 Å². The second kappa shape index (κ2) is 7.91. The number of rotatable bonds is 5. The van der Waals surface area contributed by atoms with Gasteiger partial charge < -0.3 is 5.32 Å². The van der Waals surface area contributed by atoms with Crippen LogP contribution in [0.3, 0.4) is 0 Å². The van der Waals surface area contributed by atoms with Crippen molar-refractivity contribution in [3.8, 4) is 0 Å². The molecule has 1 aromatic heterocycles. The Kier molecular flexibility index (Phi) is 5.42. The standard InChI is InChI=1S/C22H21FN2O/c1-3-4-5-10-17-18(23)13-12-15(2)20(17)22(26)25-19-11-6-8-16-9-7-14-24-21(16)19/h4-9,11-14H,3,10H2,1-2H3,(H,25,26)/b5-4+. The molecule has 0 saturated carbocycles. The van der Waals surface area contributed by atoms with E-state index in [-0.39, 0.29) is 11.7 Å². The highest BCUT2D eigenvalue weighted by Gasteiger charge is 2.18. The van der Waals surface area contributed by atoms with Crippen LogP contribution in [0.15, 0.2) is 60.8 Å². The maximum atomic E-state index is 14.4. The summed E-state index contributed by atoms with van der Waals surface area (Å²) in [7, 11) is 0. The first kappa shape index (κ1) is 17.8. The van der Waals surface area contributed by atoms with Crippen LogP contribution in [-0.4, -0.2) is 10.9 Å².